The molecular formula is C20H21FN2O2S2. The van der Waals surface area contributed by atoms with E-state index in [9.17, 15) is 12.8 Å². The van der Waals surface area contributed by atoms with Crippen LogP contribution in [0.1, 0.15) is 16.7 Å². The van der Waals surface area contributed by atoms with Crippen molar-refractivity contribution in [2.24, 2.45) is 4.99 Å². The van der Waals surface area contributed by atoms with Crippen LogP contribution in [-0.2, 0) is 15.6 Å². The van der Waals surface area contributed by atoms with Crippen molar-refractivity contribution in [2.45, 2.75) is 31.7 Å². The van der Waals surface area contributed by atoms with Gasteiger partial charge in [-0.25, -0.2) is 12.8 Å². The smallest absolute Gasteiger partial charge is 0.164 e. The van der Waals surface area contributed by atoms with Crippen molar-refractivity contribution in [1.29, 1.82) is 0 Å². The molecule has 0 bridgehead atoms. The van der Waals surface area contributed by atoms with Gasteiger partial charge in [0.2, 0.25) is 0 Å². The van der Waals surface area contributed by atoms with E-state index in [0.29, 0.717) is 11.3 Å². The minimum atomic E-state index is -3.08. The van der Waals surface area contributed by atoms with Crippen LogP contribution in [-0.4, -0.2) is 37.2 Å². The summed E-state index contributed by atoms with van der Waals surface area (Å²) in [6.07, 6.45) is 0. The third kappa shape index (κ3) is 3.62. The Morgan fingerprint density at radius 2 is 1.96 bits per heavy atom. The summed E-state index contributed by atoms with van der Waals surface area (Å²) >= 11 is 1.47. The van der Waals surface area contributed by atoms with Gasteiger partial charge in [0.1, 0.15) is 5.82 Å². The van der Waals surface area contributed by atoms with Crippen LogP contribution in [0.2, 0.25) is 0 Å². The van der Waals surface area contributed by atoms with Crippen LogP contribution in [0.5, 0.6) is 0 Å². The number of amidine groups is 1. The lowest BCUT2D eigenvalue weighted by Gasteiger charge is -2.28. The molecule has 0 radical (unpaired) electrons. The SMILES string of the molecule is Cc1ccc(C)c(N2C(SCc3ccccc3F)=N[C@H]3CS(=O)(=O)C[C@H]32)c1. The molecule has 4 rings (SSSR count). The first-order chi connectivity index (χ1) is 12.8. The van der Waals surface area contributed by atoms with E-state index in [2.05, 4.69) is 11.0 Å². The van der Waals surface area contributed by atoms with Gasteiger partial charge in [0.15, 0.2) is 15.0 Å². The van der Waals surface area contributed by atoms with Gasteiger partial charge in [0.05, 0.1) is 23.6 Å². The van der Waals surface area contributed by atoms with Gasteiger partial charge in [-0.15, -0.1) is 0 Å². The lowest BCUT2D eigenvalue weighted by atomic mass is 10.1. The Bertz CT molecular complexity index is 1020. The lowest BCUT2D eigenvalue weighted by Crippen LogP contribution is -2.39. The van der Waals surface area contributed by atoms with Crippen LogP contribution < -0.4 is 4.90 Å². The normalized spacial score (nSPS) is 23.4. The molecule has 1 fully saturated rings. The molecule has 27 heavy (non-hydrogen) atoms. The number of hydrogen-bond acceptors (Lipinski definition) is 5. The molecule has 2 atom stereocenters. The number of nitrogens with zero attached hydrogens (tertiary/aromatic N) is 2. The Labute approximate surface area is 163 Å². The number of anilines is 1. The summed E-state index contributed by atoms with van der Waals surface area (Å²) in [4.78, 5) is 6.78. The number of fused-ring (bicyclic) bond motifs is 1. The van der Waals surface area contributed by atoms with E-state index in [-0.39, 0.29) is 29.4 Å². The van der Waals surface area contributed by atoms with Crippen molar-refractivity contribution in [2.75, 3.05) is 16.4 Å². The molecule has 2 aliphatic rings. The third-order valence-electron chi connectivity index (χ3n) is 5.05. The molecular weight excluding hydrogens is 383 g/mol. The lowest BCUT2D eigenvalue weighted by molar-refractivity contribution is 0.601. The average molecular weight is 405 g/mol. The predicted molar refractivity (Wildman–Crippen MR) is 110 cm³/mol. The van der Waals surface area contributed by atoms with Crippen molar-refractivity contribution in [3.8, 4) is 0 Å². The average Bonchev–Trinajstić information content (AvgIpc) is 3.07. The highest BCUT2D eigenvalue weighted by Gasteiger charge is 2.47. The summed E-state index contributed by atoms with van der Waals surface area (Å²) in [5, 5.41) is 0.775. The van der Waals surface area contributed by atoms with Crippen LogP contribution in [0, 0.1) is 19.7 Å². The first-order valence-electron chi connectivity index (χ1n) is 8.85. The summed E-state index contributed by atoms with van der Waals surface area (Å²) in [7, 11) is -3.08. The first kappa shape index (κ1) is 18.5. The van der Waals surface area contributed by atoms with Crippen molar-refractivity contribution in [3.63, 3.8) is 0 Å². The fourth-order valence-corrected chi connectivity index (χ4v) is 6.60. The maximum Gasteiger partial charge on any atom is 0.164 e. The van der Waals surface area contributed by atoms with E-state index in [1.807, 2.05) is 32.0 Å². The van der Waals surface area contributed by atoms with Gasteiger partial charge >= 0.3 is 0 Å². The molecule has 0 saturated carbocycles. The molecule has 1 saturated heterocycles. The monoisotopic (exact) mass is 404 g/mol. The summed E-state index contributed by atoms with van der Waals surface area (Å²) in [5.74, 6) is 0.421. The van der Waals surface area contributed by atoms with Crippen LogP contribution in [0.15, 0.2) is 47.5 Å². The van der Waals surface area contributed by atoms with Gasteiger partial charge in [-0.2, -0.15) is 0 Å². The van der Waals surface area contributed by atoms with Gasteiger partial charge in [0, 0.05) is 11.4 Å². The Kier molecular flexibility index (Phi) is 4.76. The summed E-state index contributed by atoms with van der Waals surface area (Å²) in [5.41, 5.74) is 3.79. The number of rotatable bonds is 3. The van der Waals surface area contributed by atoms with Crippen LogP contribution >= 0.6 is 11.8 Å². The number of benzene rings is 2. The predicted octanol–water partition coefficient (Wildman–Crippen LogP) is 3.72. The molecule has 4 nitrogen and oxygen atoms in total. The number of thioether (sulfide) groups is 1. The number of aryl methyl sites for hydroxylation is 2. The van der Waals surface area contributed by atoms with Crippen molar-refractivity contribution in [3.05, 3.63) is 65.0 Å². The maximum absolute atomic E-state index is 14.0. The summed E-state index contributed by atoms with van der Waals surface area (Å²) < 4.78 is 38.3. The zero-order valence-corrected chi connectivity index (χ0v) is 16.9. The van der Waals surface area contributed by atoms with E-state index in [1.165, 1.54) is 17.8 Å². The molecule has 142 valence electrons. The van der Waals surface area contributed by atoms with E-state index in [1.54, 1.807) is 12.1 Å². The van der Waals surface area contributed by atoms with Gasteiger partial charge in [-0.1, -0.05) is 42.1 Å². The quantitative estimate of drug-likeness (QED) is 0.782. The fraction of sp³-hybridized carbons (Fsp3) is 0.350. The second-order valence-electron chi connectivity index (χ2n) is 7.16. The number of aliphatic imine (C=N–C) groups is 1. The topological polar surface area (TPSA) is 49.7 Å². The summed E-state index contributed by atoms with van der Waals surface area (Å²) in [6.45, 7) is 4.04. The highest BCUT2D eigenvalue weighted by molar-refractivity contribution is 8.13. The molecule has 0 spiro atoms. The highest BCUT2D eigenvalue weighted by atomic mass is 32.2. The van der Waals surface area contributed by atoms with Gasteiger partial charge in [-0.3, -0.25) is 4.99 Å². The Morgan fingerprint density at radius 3 is 2.74 bits per heavy atom. The Balaban J connectivity index is 1.68. The van der Waals surface area contributed by atoms with E-state index < -0.39 is 9.84 Å². The van der Waals surface area contributed by atoms with E-state index in [0.717, 1.165) is 22.0 Å². The molecule has 2 aromatic rings. The molecule has 2 heterocycles. The summed E-state index contributed by atoms with van der Waals surface area (Å²) in [6, 6.07) is 12.4. The minimum Gasteiger partial charge on any atom is -0.315 e. The number of halogens is 1. The fourth-order valence-electron chi connectivity index (χ4n) is 3.65. The number of hydrogen-bond donors (Lipinski definition) is 0. The molecule has 0 N–H and O–H groups in total. The maximum atomic E-state index is 14.0. The largest absolute Gasteiger partial charge is 0.315 e. The van der Waals surface area contributed by atoms with Crippen molar-refractivity contribution in [1.82, 2.24) is 0 Å². The van der Waals surface area contributed by atoms with Crippen LogP contribution in [0.4, 0.5) is 10.1 Å². The molecule has 2 aromatic carbocycles. The van der Waals surface area contributed by atoms with E-state index in [4.69, 9.17) is 4.99 Å². The molecule has 0 unspecified atom stereocenters. The molecule has 0 amide bonds. The first-order valence-corrected chi connectivity index (χ1v) is 11.7. The van der Waals surface area contributed by atoms with Gasteiger partial charge < -0.3 is 4.90 Å². The second kappa shape index (κ2) is 6.95. The Hall–Kier alpha value is -1.86. The molecule has 0 aromatic heterocycles. The second-order valence-corrected chi connectivity index (χ2v) is 10.3. The standard InChI is InChI=1S/C20H21FN2O2S2/c1-13-7-8-14(2)18(9-13)23-19-12-27(24,25)11-17(19)22-20(23)26-10-15-5-3-4-6-16(15)21/h3-9,17,19H,10-12H2,1-2H3/t17-,19+/m0/s1. The molecule has 0 aliphatic carbocycles. The van der Waals surface area contributed by atoms with Gasteiger partial charge in [0.25, 0.3) is 0 Å². The van der Waals surface area contributed by atoms with Gasteiger partial charge in [-0.05, 0) is 42.7 Å². The molecule has 2 aliphatic heterocycles. The van der Waals surface area contributed by atoms with Crippen molar-refractivity contribution >= 4 is 32.5 Å². The Morgan fingerprint density at radius 1 is 1.19 bits per heavy atom. The zero-order chi connectivity index (χ0) is 19.2. The zero-order valence-electron chi connectivity index (χ0n) is 15.2. The molecule has 7 heteroatoms. The number of sulfone groups is 1. The highest BCUT2D eigenvalue weighted by Crippen LogP contribution is 2.37. The third-order valence-corrected chi connectivity index (χ3v) is 7.76. The van der Waals surface area contributed by atoms with Crippen LogP contribution in [0.3, 0.4) is 0 Å². The van der Waals surface area contributed by atoms with Crippen LogP contribution in [0.25, 0.3) is 0 Å². The van der Waals surface area contributed by atoms with Crippen molar-refractivity contribution < 1.29 is 12.8 Å². The van der Waals surface area contributed by atoms with E-state index >= 15 is 0 Å². The minimum absolute atomic E-state index is 0.0861.